The Morgan fingerprint density at radius 1 is 1.09 bits per heavy atom. The minimum atomic E-state index is 0.111. The van der Waals surface area contributed by atoms with Crippen LogP contribution in [-0.2, 0) is 6.54 Å². The molecule has 4 nitrogen and oxygen atoms in total. The number of halogens is 2. The van der Waals surface area contributed by atoms with Crippen LogP contribution in [0.1, 0.15) is 50.4 Å². The van der Waals surface area contributed by atoms with Crippen LogP contribution in [0.5, 0.6) is 5.75 Å². The Labute approximate surface area is 204 Å². The van der Waals surface area contributed by atoms with Crippen molar-refractivity contribution in [3.8, 4) is 5.75 Å². The summed E-state index contributed by atoms with van der Waals surface area (Å²) >= 11 is 9.59. The van der Waals surface area contributed by atoms with E-state index in [1.807, 2.05) is 62.5 Å². The predicted molar refractivity (Wildman–Crippen MR) is 137 cm³/mol. The maximum atomic E-state index is 12.0. The molecule has 32 heavy (non-hydrogen) atoms. The lowest BCUT2D eigenvalue weighted by molar-refractivity contribution is 0.0993. The molecule has 0 aliphatic carbocycles. The third kappa shape index (κ3) is 6.15. The zero-order valence-corrected chi connectivity index (χ0v) is 21.5. The van der Waals surface area contributed by atoms with Gasteiger partial charge in [0.2, 0.25) is 0 Å². The fourth-order valence-electron chi connectivity index (χ4n) is 4.19. The van der Waals surface area contributed by atoms with E-state index in [9.17, 15) is 4.79 Å². The normalized spacial score (nSPS) is 14.8. The molecule has 3 aromatic rings. The summed E-state index contributed by atoms with van der Waals surface area (Å²) in [5, 5.41) is 1.76. The number of carbonyl (C=O) groups is 1. The smallest absolute Gasteiger partial charge is 0.161 e. The monoisotopic (exact) mass is 518 g/mol. The second kappa shape index (κ2) is 11.9. The number of rotatable bonds is 7. The largest absolute Gasteiger partial charge is 0.490 e. The van der Waals surface area contributed by atoms with E-state index >= 15 is 0 Å². The molecule has 0 saturated carbocycles. The average Bonchev–Trinajstić information content (AvgIpc) is 3.18. The highest BCUT2D eigenvalue weighted by molar-refractivity contribution is 9.10. The van der Waals surface area contributed by atoms with Gasteiger partial charge < -0.3 is 14.2 Å². The number of Topliss-reactive ketones (excluding diaryl/α,β-unsaturated/α-hetero) is 1. The van der Waals surface area contributed by atoms with Crippen molar-refractivity contribution < 1.29 is 9.53 Å². The van der Waals surface area contributed by atoms with Gasteiger partial charge in [0.05, 0.1) is 5.52 Å². The second-order valence-corrected chi connectivity index (χ2v) is 9.19. The van der Waals surface area contributed by atoms with Gasteiger partial charge in [-0.15, -0.1) is 0 Å². The zero-order chi connectivity index (χ0) is 23.1. The Kier molecular flexibility index (Phi) is 9.21. The number of hydrogen-bond donors (Lipinski definition) is 0. The topological polar surface area (TPSA) is 34.5 Å². The molecule has 2 heterocycles. The van der Waals surface area contributed by atoms with Gasteiger partial charge >= 0.3 is 0 Å². The number of benzene rings is 2. The molecule has 1 fully saturated rings. The molecule has 1 aromatic heterocycles. The van der Waals surface area contributed by atoms with Crippen LogP contribution < -0.4 is 4.74 Å². The number of likely N-dealkylation sites (tertiary alicyclic amines) is 1. The van der Waals surface area contributed by atoms with E-state index in [4.69, 9.17) is 16.3 Å². The molecule has 0 unspecified atom stereocenters. The Morgan fingerprint density at radius 3 is 2.44 bits per heavy atom. The molecule has 172 valence electrons. The Balaban J connectivity index is 0.00000141. The van der Waals surface area contributed by atoms with Crippen LogP contribution in [0.3, 0.4) is 0 Å². The van der Waals surface area contributed by atoms with Crippen LogP contribution >= 0.6 is 27.5 Å². The highest BCUT2D eigenvalue weighted by Crippen LogP contribution is 2.29. The highest BCUT2D eigenvalue weighted by Gasteiger charge is 2.20. The summed E-state index contributed by atoms with van der Waals surface area (Å²) in [6, 6.07) is 13.7. The molecule has 0 amide bonds. The molecule has 1 saturated heterocycles. The first kappa shape index (κ1) is 24.8. The van der Waals surface area contributed by atoms with E-state index < -0.39 is 0 Å². The summed E-state index contributed by atoms with van der Waals surface area (Å²) in [6.45, 7) is 9.68. The molecule has 0 atom stereocenters. The van der Waals surface area contributed by atoms with Crippen molar-refractivity contribution in [2.75, 3.05) is 19.6 Å². The molecule has 0 spiro atoms. The van der Waals surface area contributed by atoms with Crippen LogP contribution in [0.2, 0.25) is 5.02 Å². The van der Waals surface area contributed by atoms with Gasteiger partial charge in [-0.1, -0.05) is 37.6 Å². The SMILES string of the molecule is CC.CC(=O)c1cn(CCCN2CCC(Oc3ccc(Cl)cc3)CC2)c2c(Br)cccc12. The van der Waals surface area contributed by atoms with Crippen molar-refractivity contribution in [3.05, 3.63) is 63.7 Å². The standard InChI is InChI=1S/C24H26BrClN2O2.C2H6/c1-17(29)22-16-28(24-21(22)4-2-5-23(24)25)13-3-12-27-14-10-20(11-15-27)30-19-8-6-18(26)7-9-19;1-2/h2,4-9,16,20H,3,10-15H2,1H3;1-2H3. The van der Waals surface area contributed by atoms with Gasteiger partial charge in [-0.3, -0.25) is 4.79 Å². The van der Waals surface area contributed by atoms with Gasteiger partial charge in [-0.2, -0.15) is 0 Å². The first-order chi connectivity index (χ1) is 15.5. The maximum Gasteiger partial charge on any atom is 0.161 e. The van der Waals surface area contributed by atoms with Gasteiger partial charge in [-0.25, -0.2) is 0 Å². The third-order valence-corrected chi connectivity index (χ3v) is 6.64. The quantitative estimate of drug-likeness (QED) is 0.309. The van der Waals surface area contributed by atoms with Crippen LogP contribution in [0.4, 0.5) is 0 Å². The van der Waals surface area contributed by atoms with Gasteiger partial charge in [0.25, 0.3) is 0 Å². The minimum Gasteiger partial charge on any atom is -0.490 e. The van der Waals surface area contributed by atoms with E-state index in [1.54, 1.807) is 6.92 Å². The number of para-hydroxylation sites is 1. The third-order valence-electron chi connectivity index (χ3n) is 5.75. The van der Waals surface area contributed by atoms with Crippen molar-refractivity contribution in [2.24, 2.45) is 0 Å². The number of aryl methyl sites for hydroxylation is 1. The van der Waals surface area contributed by atoms with Crippen LogP contribution in [0.25, 0.3) is 10.9 Å². The number of ketones is 1. The number of piperidine rings is 1. The van der Waals surface area contributed by atoms with Crippen molar-refractivity contribution >= 4 is 44.2 Å². The van der Waals surface area contributed by atoms with Crippen LogP contribution in [0, 0.1) is 0 Å². The van der Waals surface area contributed by atoms with E-state index in [0.29, 0.717) is 0 Å². The van der Waals surface area contributed by atoms with Gasteiger partial charge in [0, 0.05) is 46.3 Å². The summed E-state index contributed by atoms with van der Waals surface area (Å²) in [6.07, 6.45) is 5.39. The van der Waals surface area contributed by atoms with Gasteiger partial charge in [-0.05, 0) is 79.0 Å². The molecule has 6 heteroatoms. The van der Waals surface area contributed by atoms with Gasteiger partial charge in [0.1, 0.15) is 11.9 Å². The molecule has 0 bridgehead atoms. The van der Waals surface area contributed by atoms with E-state index in [-0.39, 0.29) is 11.9 Å². The number of fused-ring (bicyclic) bond motifs is 1. The Hall–Kier alpha value is -1.82. The number of nitrogens with zero attached hydrogens (tertiary/aromatic N) is 2. The lowest BCUT2D eigenvalue weighted by Gasteiger charge is -2.32. The lowest BCUT2D eigenvalue weighted by Crippen LogP contribution is -2.38. The second-order valence-electron chi connectivity index (χ2n) is 7.89. The van der Waals surface area contributed by atoms with E-state index in [0.717, 1.165) is 77.2 Å². The summed E-state index contributed by atoms with van der Waals surface area (Å²) < 4.78 is 9.34. The molecule has 0 radical (unpaired) electrons. The van der Waals surface area contributed by atoms with Crippen molar-refractivity contribution in [1.29, 1.82) is 0 Å². The van der Waals surface area contributed by atoms with Crippen molar-refractivity contribution in [3.63, 3.8) is 0 Å². The first-order valence-corrected chi connectivity index (χ1v) is 12.6. The molecule has 1 aliphatic rings. The van der Waals surface area contributed by atoms with Crippen molar-refractivity contribution in [2.45, 2.75) is 52.7 Å². The minimum absolute atomic E-state index is 0.111. The summed E-state index contributed by atoms with van der Waals surface area (Å²) in [5.74, 6) is 1.00. The molecule has 0 N–H and O–H groups in total. The summed E-state index contributed by atoms with van der Waals surface area (Å²) in [7, 11) is 0. The maximum absolute atomic E-state index is 12.0. The molecular weight excluding hydrogens is 488 g/mol. The number of hydrogen-bond acceptors (Lipinski definition) is 3. The predicted octanol–water partition coefficient (Wildman–Crippen LogP) is 7.22. The van der Waals surface area contributed by atoms with Crippen molar-refractivity contribution in [1.82, 2.24) is 9.47 Å². The fourth-order valence-corrected chi connectivity index (χ4v) is 4.91. The lowest BCUT2D eigenvalue weighted by atomic mass is 10.1. The summed E-state index contributed by atoms with van der Waals surface area (Å²) in [5.41, 5.74) is 1.91. The first-order valence-electron chi connectivity index (χ1n) is 11.4. The number of carbonyl (C=O) groups excluding carboxylic acids is 1. The van der Waals surface area contributed by atoms with E-state index in [2.05, 4.69) is 25.4 Å². The Bertz CT molecular complexity index is 1020. The van der Waals surface area contributed by atoms with Gasteiger partial charge in [0.15, 0.2) is 5.78 Å². The summed E-state index contributed by atoms with van der Waals surface area (Å²) in [4.78, 5) is 14.5. The zero-order valence-electron chi connectivity index (χ0n) is 19.1. The van der Waals surface area contributed by atoms with Crippen LogP contribution in [-0.4, -0.2) is 41.0 Å². The number of aromatic nitrogens is 1. The molecular formula is C26H32BrClN2O2. The van der Waals surface area contributed by atoms with E-state index in [1.165, 1.54) is 0 Å². The number of ether oxygens (including phenoxy) is 1. The van der Waals surface area contributed by atoms with Crippen LogP contribution in [0.15, 0.2) is 53.1 Å². The molecule has 2 aromatic carbocycles. The fraction of sp³-hybridized carbons (Fsp3) is 0.423. The highest BCUT2D eigenvalue weighted by atomic mass is 79.9. The Morgan fingerprint density at radius 2 is 1.78 bits per heavy atom. The average molecular weight is 520 g/mol. The molecule has 1 aliphatic heterocycles. The molecule has 4 rings (SSSR count).